The van der Waals surface area contributed by atoms with Crippen molar-refractivity contribution >= 4 is 16.8 Å². The Morgan fingerprint density at radius 1 is 1.43 bits per heavy atom. The molecule has 0 saturated carbocycles. The Balaban J connectivity index is 2.71. The van der Waals surface area contributed by atoms with Gasteiger partial charge in [-0.1, -0.05) is 26.0 Å². The number of aryl methyl sites for hydroxylation is 1. The van der Waals surface area contributed by atoms with E-state index in [2.05, 4.69) is 43.9 Å². The summed E-state index contributed by atoms with van der Waals surface area (Å²) in [5, 5.41) is 4.06. The van der Waals surface area contributed by atoms with E-state index in [-0.39, 0.29) is 5.91 Å². The lowest BCUT2D eigenvalue weighted by Gasteiger charge is -2.09. The van der Waals surface area contributed by atoms with Crippen LogP contribution in [0.15, 0.2) is 30.9 Å². The normalized spacial score (nSPS) is 11.1. The number of carbonyl (C=O) groups excluding carboxylic acids is 1. The molecule has 2 aromatic rings. The molecule has 0 unspecified atom stereocenters. The quantitative estimate of drug-likeness (QED) is 0.827. The lowest BCUT2D eigenvalue weighted by atomic mass is 10.0. The fourth-order valence-electron chi connectivity index (χ4n) is 2.75. The van der Waals surface area contributed by atoms with E-state index in [9.17, 15) is 4.79 Å². The number of benzene rings is 1. The Morgan fingerprint density at radius 2 is 2.14 bits per heavy atom. The van der Waals surface area contributed by atoms with Crippen LogP contribution >= 0.6 is 0 Å². The summed E-state index contributed by atoms with van der Waals surface area (Å²) in [7, 11) is 0. The lowest BCUT2D eigenvalue weighted by Crippen LogP contribution is -2.26. The van der Waals surface area contributed by atoms with Gasteiger partial charge in [-0.15, -0.1) is 6.58 Å². The smallest absolute Gasteiger partial charge is 0.268 e. The van der Waals surface area contributed by atoms with Crippen LogP contribution < -0.4 is 5.32 Å². The zero-order valence-corrected chi connectivity index (χ0v) is 13.4. The van der Waals surface area contributed by atoms with Crippen molar-refractivity contribution in [3.63, 3.8) is 0 Å². The largest absolute Gasteiger partial charge is 0.351 e. The summed E-state index contributed by atoms with van der Waals surface area (Å²) in [6, 6.07) is 6.47. The first kappa shape index (κ1) is 15.4. The minimum atomic E-state index is -0.0147. The van der Waals surface area contributed by atoms with Crippen molar-refractivity contribution in [1.82, 2.24) is 9.88 Å². The Hall–Kier alpha value is -2.03. The molecule has 3 heteroatoms. The van der Waals surface area contributed by atoms with E-state index < -0.39 is 0 Å². The number of aromatic nitrogens is 1. The molecule has 1 heterocycles. The molecule has 2 rings (SSSR count). The number of nitrogens with zero attached hydrogens (tertiary/aromatic N) is 1. The molecule has 1 amide bonds. The van der Waals surface area contributed by atoms with E-state index in [1.54, 1.807) is 0 Å². The second-order valence-electron chi connectivity index (χ2n) is 5.66. The summed E-state index contributed by atoms with van der Waals surface area (Å²) in [5.74, 6) is 0.462. The van der Waals surface area contributed by atoms with Crippen LogP contribution in [0.3, 0.4) is 0 Å². The van der Waals surface area contributed by atoms with E-state index in [4.69, 9.17) is 0 Å². The highest BCUT2D eigenvalue weighted by molar-refractivity contribution is 6.01. The second-order valence-corrected chi connectivity index (χ2v) is 5.66. The Kier molecular flexibility index (Phi) is 4.51. The van der Waals surface area contributed by atoms with Crippen molar-refractivity contribution in [3.05, 3.63) is 47.7 Å². The molecule has 0 atom stereocenters. The van der Waals surface area contributed by atoms with Gasteiger partial charge in [-0.05, 0) is 43.0 Å². The molecule has 0 radical (unpaired) electrons. The van der Waals surface area contributed by atoms with Crippen LogP contribution in [0.2, 0.25) is 0 Å². The monoisotopic (exact) mass is 284 g/mol. The average molecular weight is 284 g/mol. The van der Waals surface area contributed by atoms with E-state index >= 15 is 0 Å². The molecule has 0 fully saturated rings. The van der Waals surface area contributed by atoms with Crippen LogP contribution in [-0.2, 0) is 6.54 Å². The maximum atomic E-state index is 12.4. The Morgan fingerprint density at radius 3 is 2.71 bits per heavy atom. The van der Waals surface area contributed by atoms with Crippen LogP contribution in [0.1, 0.15) is 48.3 Å². The van der Waals surface area contributed by atoms with Crippen LogP contribution in [-0.4, -0.2) is 17.0 Å². The van der Waals surface area contributed by atoms with Crippen LogP contribution in [0.25, 0.3) is 10.9 Å². The number of allylic oxidation sites excluding steroid dienone is 1. The fourth-order valence-corrected chi connectivity index (χ4v) is 2.75. The van der Waals surface area contributed by atoms with Crippen molar-refractivity contribution in [1.29, 1.82) is 0 Å². The molecule has 3 nitrogen and oxygen atoms in total. The topological polar surface area (TPSA) is 34.0 Å². The van der Waals surface area contributed by atoms with Gasteiger partial charge in [-0.25, -0.2) is 0 Å². The third-order valence-electron chi connectivity index (χ3n) is 3.87. The Labute approximate surface area is 126 Å². The first-order chi connectivity index (χ1) is 10.0. The summed E-state index contributed by atoms with van der Waals surface area (Å²) in [6.07, 6.45) is 1.83. The van der Waals surface area contributed by atoms with Gasteiger partial charge in [0.05, 0.1) is 0 Å². The molecule has 0 aliphatic rings. The molecule has 0 saturated heterocycles. The van der Waals surface area contributed by atoms with Crippen LogP contribution in [0, 0.1) is 6.92 Å². The average Bonchev–Trinajstić information content (AvgIpc) is 2.72. The third kappa shape index (κ3) is 2.73. The standard InChI is InChI=1S/C18H24N2O/c1-6-10-20-16-9-8-14(12(3)4)11-15(16)13(5)17(20)18(21)19-7-2/h6,8-9,11-12H,1,7,10H2,2-5H3,(H,19,21). The van der Waals surface area contributed by atoms with Crippen molar-refractivity contribution in [3.8, 4) is 0 Å². The predicted molar refractivity (Wildman–Crippen MR) is 89.0 cm³/mol. The Bertz CT molecular complexity index is 680. The summed E-state index contributed by atoms with van der Waals surface area (Å²) < 4.78 is 2.05. The number of hydrogen-bond acceptors (Lipinski definition) is 1. The molecule has 112 valence electrons. The molecule has 1 aromatic heterocycles. The van der Waals surface area contributed by atoms with E-state index in [0.717, 1.165) is 22.2 Å². The van der Waals surface area contributed by atoms with Gasteiger partial charge in [0.1, 0.15) is 5.69 Å². The second kappa shape index (κ2) is 6.17. The molecule has 1 N–H and O–H groups in total. The molecule has 0 bridgehead atoms. The highest BCUT2D eigenvalue weighted by Gasteiger charge is 2.19. The maximum absolute atomic E-state index is 12.4. The highest BCUT2D eigenvalue weighted by atomic mass is 16.1. The van der Waals surface area contributed by atoms with E-state index in [0.29, 0.717) is 19.0 Å². The number of carbonyl (C=O) groups is 1. The maximum Gasteiger partial charge on any atom is 0.268 e. The molecular weight excluding hydrogens is 260 g/mol. The lowest BCUT2D eigenvalue weighted by molar-refractivity contribution is 0.0947. The van der Waals surface area contributed by atoms with Crippen molar-refractivity contribution < 1.29 is 4.79 Å². The molecule has 0 aliphatic carbocycles. The van der Waals surface area contributed by atoms with Crippen LogP contribution in [0.4, 0.5) is 0 Å². The van der Waals surface area contributed by atoms with Crippen LogP contribution in [0.5, 0.6) is 0 Å². The number of fused-ring (bicyclic) bond motifs is 1. The molecule has 1 aromatic carbocycles. The zero-order valence-electron chi connectivity index (χ0n) is 13.4. The minimum absolute atomic E-state index is 0.0147. The van der Waals surface area contributed by atoms with Gasteiger partial charge in [-0.3, -0.25) is 4.79 Å². The van der Waals surface area contributed by atoms with Crippen molar-refractivity contribution in [2.45, 2.75) is 40.2 Å². The first-order valence-electron chi connectivity index (χ1n) is 7.53. The zero-order chi connectivity index (χ0) is 15.6. The fraction of sp³-hybridized carbons (Fsp3) is 0.389. The van der Waals surface area contributed by atoms with Gasteiger partial charge < -0.3 is 9.88 Å². The summed E-state index contributed by atoms with van der Waals surface area (Å²) in [5.41, 5.74) is 4.18. The van der Waals surface area contributed by atoms with E-state index in [1.165, 1.54) is 5.56 Å². The molecule has 0 aliphatic heterocycles. The number of amides is 1. The third-order valence-corrected chi connectivity index (χ3v) is 3.87. The first-order valence-corrected chi connectivity index (χ1v) is 7.53. The van der Waals surface area contributed by atoms with Gasteiger partial charge in [0.25, 0.3) is 5.91 Å². The van der Waals surface area contributed by atoms with Crippen molar-refractivity contribution in [2.24, 2.45) is 0 Å². The number of hydrogen-bond donors (Lipinski definition) is 1. The van der Waals surface area contributed by atoms with Gasteiger partial charge >= 0.3 is 0 Å². The highest BCUT2D eigenvalue weighted by Crippen LogP contribution is 2.29. The minimum Gasteiger partial charge on any atom is -0.351 e. The summed E-state index contributed by atoms with van der Waals surface area (Å²) in [4.78, 5) is 12.4. The van der Waals surface area contributed by atoms with Gasteiger partial charge in [-0.2, -0.15) is 0 Å². The predicted octanol–water partition coefficient (Wildman–Crippen LogP) is 4.01. The summed E-state index contributed by atoms with van der Waals surface area (Å²) >= 11 is 0. The number of rotatable bonds is 5. The SMILES string of the molecule is C=CCn1c(C(=O)NCC)c(C)c2cc(C(C)C)ccc21. The van der Waals surface area contributed by atoms with Gasteiger partial charge in [0.2, 0.25) is 0 Å². The van der Waals surface area contributed by atoms with Crippen molar-refractivity contribution in [2.75, 3.05) is 6.54 Å². The van der Waals surface area contributed by atoms with Gasteiger partial charge in [0, 0.05) is 24.0 Å². The molecule has 0 spiro atoms. The molecular formula is C18H24N2O. The molecule has 21 heavy (non-hydrogen) atoms. The van der Waals surface area contributed by atoms with Gasteiger partial charge in [0.15, 0.2) is 0 Å². The summed E-state index contributed by atoms with van der Waals surface area (Å²) in [6.45, 7) is 13.4. The number of nitrogens with one attached hydrogen (secondary N) is 1. The van der Waals surface area contributed by atoms with E-state index in [1.807, 2.05) is 24.5 Å².